The van der Waals surface area contributed by atoms with Gasteiger partial charge in [0.1, 0.15) is 11.6 Å². The second-order valence-electron chi connectivity index (χ2n) is 11.1. The highest BCUT2D eigenvalue weighted by Crippen LogP contribution is 2.28. The van der Waals surface area contributed by atoms with Gasteiger partial charge < -0.3 is 9.80 Å². The molecule has 1 unspecified atom stereocenters. The molecule has 198 valence electrons. The highest BCUT2D eigenvalue weighted by molar-refractivity contribution is 5.64. The quantitative estimate of drug-likeness (QED) is 0.389. The van der Waals surface area contributed by atoms with Gasteiger partial charge in [-0.2, -0.15) is 10.1 Å². The summed E-state index contributed by atoms with van der Waals surface area (Å²) in [6, 6.07) is 13.4. The number of piperazine rings is 1. The Morgan fingerprint density at radius 3 is 2.37 bits per heavy atom. The van der Waals surface area contributed by atoms with Crippen molar-refractivity contribution >= 4 is 11.6 Å². The van der Waals surface area contributed by atoms with E-state index in [0.29, 0.717) is 11.7 Å². The van der Waals surface area contributed by atoms with Crippen LogP contribution in [-0.2, 0) is 13.0 Å². The first-order valence-electron chi connectivity index (χ1n) is 13.8. The van der Waals surface area contributed by atoms with Gasteiger partial charge in [-0.05, 0) is 75.4 Å². The van der Waals surface area contributed by atoms with Crippen molar-refractivity contribution in [2.75, 3.05) is 51.2 Å². The first-order valence-corrected chi connectivity index (χ1v) is 13.8. The summed E-state index contributed by atoms with van der Waals surface area (Å²) >= 11 is 0. The predicted octanol–water partition coefficient (Wildman–Crippen LogP) is 3.93. The molecule has 5 heterocycles. The van der Waals surface area contributed by atoms with Crippen LogP contribution in [0.15, 0.2) is 42.6 Å². The molecule has 4 aromatic rings. The second-order valence-corrected chi connectivity index (χ2v) is 11.1. The molecule has 0 amide bonds. The Morgan fingerprint density at radius 2 is 1.63 bits per heavy atom. The van der Waals surface area contributed by atoms with E-state index in [1.807, 2.05) is 17.6 Å². The van der Waals surface area contributed by atoms with Gasteiger partial charge in [-0.3, -0.25) is 4.90 Å². The SMILES string of the molecule is Cc1nc2nc(C)c(CC3CCN(c4ccc(-c5ccc(CN6CCN(C)CC6)cc5)cn4)C3)c(C)n2n1. The Kier molecular flexibility index (Phi) is 6.84. The van der Waals surface area contributed by atoms with E-state index in [-0.39, 0.29) is 0 Å². The molecule has 1 atom stereocenters. The molecular formula is C30H38N8. The maximum Gasteiger partial charge on any atom is 0.252 e. The lowest BCUT2D eigenvalue weighted by molar-refractivity contribution is 0.148. The third kappa shape index (κ3) is 5.15. The Hall–Kier alpha value is -3.36. The number of anilines is 1. The summed E-state index contributed by atoms with van der Waals surface area (Å²) in [5.74, 6) is 3.10. The average molecular weight is 511 g/mol. The van der Waals surface area contributed by atoms with Gasteiger partial charge in [0.15, 0.2) is 0 Å². The zero-order valence-corrected chi connectivity index (χ0v) is 23.1. The van der Waals surface area contributed by atoms with Crippen LogP contribution in [0.5, 0.6) is 0 Å². The maximum absolute atomic E-state index is 4.86. The Morgan fingerprint density at radius 1 is 0.868 bits per heavy atom. The van der Waals surface area contributed by atoms with E-state index in [2.05, 4.69) is 82.1 Å². The highest BCUT2D eigenvalue weighted by Gasteiger charge is 2.26. The van der Waals surface area contributed by atoms with Gasteiger partial charge in [-0.25, -0.2) is 14.5 Å². The van der Waals surface area contributed by atoms with Gasteiger partial charge in [0.05, 0.1) is 0 Å². The summed E-state index contributed by atoms with van der Waals surface area (Å²) in [6.45, 7) is 13.8. The number of hydrogen-bond donors (Lipinski definition) is 0. The van der Waals surface area contributed by atoms with Crippen molar-refractivity contribution in [3.63, 3.8) is 0 Å². The largest absolute Gasteiger partial charge is 0.356 e. The molecule has 0 radical (unpaired) electrons. The molecule has 8 heteroatoms. The second kappa shape index (κ2) is 10.4. The zero-order chi connectivity index (χ0) is 26.2. The standard InChI is InChI=1S/C30H38N8/c1-21-28(22(2)38-30(32-21)33-23(3)34-38)17-25-11-12-37(20-25)29-10-9-27(18-31-29)26-7-5-24(6-8-26)19-36-15-13-35(4)14-16-36/h5-10,18,25H,11-17,19-20H2,1-4H3. The van der Waals surface area contributed by atoms with Crippen LogP contribution in [-0.4, -0.2) is 80.7 Å². The van der Waals surface area contributed by atoms with Crippen LogP contribution in [0.1, 0.15) is 34.8 Å². The Bertz CT molecular complexity index is 1400. The molecule has 0 aliphatic carbocycles. The summed E-state index contributed by atoms with van der Waals surface area (Å²) in [4.78, 5) is 21.4. The van der Waals surface area contributed by atoms with Crippen LogP contribution in [0.4, 0.5) is 5.82 Å². The lowest BCUT2D eigenvalue weighted by Crippen LogP contribution is -2.43. The fraction of sp³-hybridized carbons (Fsp3) is 0.467. The molecule has 0 saturated carbocycles. The zero-order valence-electron chi connectivity index (χ0n) is 23.1. The number of aromatic nitrogens is 5. The third-order valence-corrected chi connectivity index (χ3v) is 8.29. The summed E-state index contributed by atoms with van der Waals surface area (Å²) in [5, 5.41) is 4.54. The van der Waals surface area contributed by atoms with Gasteiger partial charge in [0, 0.05) is 69.0 Å². The summed E-state index contributed by atoms with van der Waals surface area (Å²) in [6.07, 6.45) is 4.19. The average Bonchev–Trinajstić information content (AvgIpc) is 3.55. The monoisotopic (exact) mass is 510 g/mol. The lowest BCUT2D eigenvalue weighted by atomic mass is 9.96. The minimum atomic E-state index is 0.575. The van der Waals surface area contributed by atoms with Crippen molar-refractivity contribution in [3.8, 4) is 11.1 Å². The van der Waals surface area contributed by atoms with E-state index in [4.69, 9.17) is 9.97 Å². The molecule has 38 heavy (non-hydrogen) atoms. The van der Waals surface area contributed by atoms with Gasteiger partial charge in [0.25, 0.3) is 5.78 Å². The van der Waals surface area contributed by atoms with E-state index in [0.717, 1.165) is 81.7 Å². The molecule has 8 nitrogen and oxygen atoms in total. The molecule has 2 fully saturated rings. The number of fused-ring (bicyclic) bond motifs is 1. The number of aryl methyl sites for hydroxylation is 3. The van der Waals surface area contributed by atoms with Crippen molar-refractivity contribution in [1.29, 1.82) is 0 Å². The fourth-order valence-electron chi connectivity index (χ4n) is 5.91. The Balaban J connectivity index is 1.08. The van der Waals surface area contributed by atoms with Crippen LogP contribution >= 0.6 is 0 Å². The van der Waals surface area contributed by atoms with Crippen molar-refractivity contribution in [1.82, 2.24) is 34.4 Å². The summed E-state index contributed by atoms with van der Waals surface area (Å²) in [7, 11) is 2.20. The normalized spacial score (nSPS) is 19.1. The summed E-state index contributed by atoms with van der Waals surface area (Å²) < 4.78 is 1.89. The minimum Gasteiger partial charge on any atom is -0.356 e. The number of rotatable bonds is 6. The van der Waals surface area contributed by atoms with Gasteiger partial charge >= 0.3 is 0 Å². The first-order chi connectivity index (χ1) is 18.4. The van der Waals surface area contributed by atoms with Crippen LogP contribution in [0.2, 0.25) is 0 Å². The third-order valence-electron chi connectivity index (χ3n) is 8.29. The molecule has 3 aromatic heterocycles. The van der Waals surface area contributed by atoms with Gasteiger partial charge in [-0.1, -0.05) is 24.3 Å². The molecule has 2 aliphatic heterocycles. The molecule has 0 spiro atoms. The molecule has 6 rings (SSSR count). The van der Waals surface area contributed by atoms with E-state index in [1.54, 1.807) is 0 Å². The lowest BCUT2D eigenvalue weighted by Gasteiger charge is -2.32. The van der Waals surface area contributed by atoms with Crippen molar-refractivity contribution in [2.45, 2.75) is 40.2 Å². The first kappa shape index (κ1) is 24.9. The Labute approximate surface area is 225 Å². The van der Waals surface area contributed by atoms with Crippen molar-refractivity contribution < 1.29 is 0 Å². The molecule has 2 aliphatic rings. The fourth-order valence-corrected chi connectivity index (χ4v) is 5.91. The molecular weight excluding hydrogens is 472 g/mol. The van der Waals surface area contributed by atoms with Gasteiger partial charge in [0.2, 0.25) is 0 Å². The van der Waals surface area contributed by atoms with E-state index >= 15 is 0 Å². The van der Waals surface area contributed by atoms with Crippen LogP contribution in [0, 0.1) is 26.7 Å². The number of benzene rings is 1. The van der Waals surface area contributed by atoms with Crippen LogP contribution in [0.25, 0.3) is 16.9 Å². The number of likely N-dealkylation sites (N-methyl/N-ethyl adjacent to an activating group) is 1. The molecule has 0 N–H and O–H groups in total. The van der Waals surface area contributed by atoms with Crippen molar-refractivity contribution in [3.05, 3.63) is 70.9 Å². The predicted molar refractivity (Wildman–Crippen MR) is 151 cm³/mol. The molecule has 2 saturated heterocycles. The minimum absolute atomic E-state index is 0.575. The van der Waals surface area contributed by atoms with E-state index in [9.17, 15) is 0 Å². The van der Waals surface area contributed by atoms with Crippen molar-refractivity contribution in [2.24, 2.45) is 5.92 Å². The van der Waals surface area contributed by atoms with Crippen LogP contribution < -0.4 is 4.90 Å². The van der Waals surface area contributed by atoms with Gasteiger partial charge in [-0.15, -0.1) is 0 Å². The maximum atomic E-state index is 4.86. The number of nitrogens with zero attached hydrogens (tertiary/aromatic N) is 8. The smallest absolute Gasteiger partial charge is 0.252 e. The highest BCUT2D eigenvalue weighted by atomic mass is 15.3. The molecule has 1 aromatic carbocycles. The van der Waals surface area contributed by atoms with E-state index < -0.39 is 0 Å². The number of pyridine rings is 1. The van der Waals surface area contributed by atoms with Crippen LogP contribution in [0.3, 0.4) is 0 Å². The summed E-state index contributed by atoms with van der Waals surface area (Å²) in [5.41, 5.74) is 7.30. The van der Waals surface area contributed by atoms with E-state index in [1.165, 1.54) is 22.3 Å². The number of hydrogen-bond acceptors (Lipinski definition) is 7. The molecule has 0 bridgehead atoms. The topological polar surface area (TPSA) is 65.7 Å².